The van der Waals surface area contributed by atoms with Crippen molar-refractivity contribution < 1.29 is 19.2 Å². The number of anilines is 1. The predicted octanol–water partition coefficient (Wildman–Crippen LogP) is 0.0502. The van der Waals surface area contributed by atoms with Gasteiger partial charge in [-0.3, -0.25) is 9.59 Å². The molecule has 6 heteroatoms. The molecule has 3 N–H and O–H groups in total. The number of ether oxygens (including phenoxy) is 1. The Morgan fingerprint density at radius 1 is 1.17 bits per heavy atom. The third kappa shape index (κ3) is 5.32. The number of morpholine rings is 1. The Bertz CT molecular complexity index is 593. The number of hydrogen-bond acceptors (Lipinski definition) is 3. The quantitative estimate of drug-likeness (QED) is 0.713. The van der Waals surface area contributed by atoms with Crippen molar-refractivity contribution in [2.45, 2.75) is 39.9 Å². The lowest BCUT2D eigenvalue weighted by atomic mass is 10.1. The fourth-order valence-electron chi connectivity index (χ4n) is 3.08. The fraction of sp³-hybridized carbons (Fsp3) is 0.556. The number of amides is 2. The number of carbonyl (C=O) groups excluding carboxylic acids is 2. The van der Waals surface area contributed by atoms with Gasteiger partial charge in [-0.2, -0.15) is 0 Å². The molecule has 1 aromatic rings. The van der Waals surface area contributed by atoms with Gasteiger partial charge in [-0.05, 0) is 44.9 Å². The molecule has 1 fully saturated rings. The molecular formula is C18H28N3O3+. The molecule has 0 spiro atoms. The van der Waals surface area contributed by atoms with Gasteiger partial charge in [-0.25, -0.2) is 0 Å². The Morgan fingerprint density at radius 2 is 1.83 bits per heavy atom. The Balaban J connectivity index is 1.77. The molecule has 1 unspecified atom stereocenters. The molecule has 6 nitrogen and oxygen atoms in total. The molecule has 0 aromatic heterocycles. The molecular weight excluding hydrogens is 306 g/mol. The summed E-state index contributed by atoms with van der Waals surface area (Å²) >= 11 is 0. The maximum atomic E-state index is 12.0. The SMILES string of the molecule is Cc1cccc(NC(=O)CNC(=O)C[NH+]2C[C@@H](C)O[C@@H](C)C2)c1C. The van der Waals surface area contributed by atoms with Crippen LogP contribution in [0.15, 0.2) is 18.2 Å². The van der Waals surface area contributed by atoms with Crippen LogP contribution >= 0.6 is 0 Å². The van der Waals surface area contributed by atoms with Gasteiger partial charge in [0.2, 0.25) is 5.91 Å². The van der Waals surface area contributed by atoms with Crippen LogP contribution in [-0.4, -0.2) is 50.2 Å². The van der Waals surface area contributed by atoms with E-state index >= 15 is 0 Å². The molecule has 3 atom stereocenters. The van der Waals surface area contributed by atoms with Gasteiger partial charge in [-0.15, -0.1) is 0 Å². The first-order chi connectivity index (χ1) is 11.3. The van der Waals surface area contributed by atoms with Crippen LogP contribution in [0.3, 0.4) is 0 Å². The highest BCUT2D eigenvalue weighted by molar-refractivity contribution is 5.95. The number of hydrogen-bond donors (Lipinski definition) is 3. The topological polar surface area (TPSA) is 71.9 Å². The van der Waals surface area contributed by atoms with Crippen molar-refractivity contribution in [2.75, 3.05) is 31.5 Å². The lowest BCUT2D eigenvalue weighted by molar-refractivity contribution is -0.907. The van der Waals surface area contributed by atoms with E-state index in [9.17, 15) is 9.59 Å². The summed E-state index contributed by atoms with van der Waals surface area (Å²) < 4.78 is 5.67. The zero-order valence-corrected chi connectivity index (χ0v) is 14.9. The van der Waals surface area contributed by atoms with E-state index in [2.05, 4.69) is 10.6 Å². The smallest absolute Gasteiger partial charge is 0.275 e. The second kappa shape index (κ2) is 8.26. The number of nitrogens with one attached hydrogen (secondary N) is 3. The highest BCUT2D eigenvalue weighted by Crippen LogP contribution is 2.17. The second-order valence-corrected chi connectivity index (χ2v) is 6.66. The maximum Gasteiger partial charge on any atom is 0.275 e. The molecule has 132 valence electrons. The van der Waals surface area contributed by atoms with Gasteiger partial charge in [0.15, 0.2) is 6.54 Å². The van der Waals surface area contributed by atoms with Gasteiger partial charge in [-0.1, -0.05) is 12.1 Å². The van der Waals surface area contributed by atoms with E-state index in [0.29, 0.717) is 6.54 Å². The maximum absolute atomic E-state index is 12.0. The lowest BCUT2D eigenvalue weighted by Gasteiger charge is -2.31. The molecule has 0 radical (unpaired) electrons. The Labute approximate surface area is 143 Å². The van der Waals surface area contributed by atoms with Crippen molar-refractivity contribution in [2.24, 2.45) is 0 Å². The summed E-state index contributed by atoms with van der Waals surface area (Å²) in [5, 5.41) is 5.54. The third-order valence-electron chi connectivity index (χ3n) is 4.35. The molecule has 0 bridgehead atoms. The van der Waals surface area contributed by atoms with Crippen molar-refractivity contribution in [1.29, 1.82) is 0 Å². The van der Waals surface area contributed by atoms with Crippen LogP contribution in [0.1, 0.15) is 25.0 Å². The summed E-state index contributed by atoms with van der Waals surface area (Å²) in [6, 6.07) is 5.77. The number of quaternary nitrogens is 1. The zero-order valence-electron chi connectivity index (χ0n) is 14.9. The molecule has 0 aliphatic carbocycles. The molecule has 1 heterocycles. The minimum Gasteiger partial charge on any atom is -0.364 e. The first-order valence-electron chi connectivity index (χ1n) is 8.47. The van der Waals surface area contributed by atoms with E-state index in [1.165, 1.54) is 4.90 Å². The molecule has 0 saturated carbocycles. The summed E-state index contributed by atoms with van der Waals surface area (Å²) in [4.78, 5) is 25.3. The van der Waals surface area contributed by atoms with E-state index in [1.807, 2.05) is 45.9 Å². The van der Waals surface area contributed by atoms with Crippen LogP contribution in [0, 0.1) is 13.8 Å². The van der Waals surface area contributed by atoms with Gasteiger partial charge in [0.25, 0.3) is 5.91 Å². The summed E-state index contributed by atoms with van der Waals surface area (Å²) in [6.07, 6.45) is 0.313. The molecule has 1 aliphatic heterocycles. The van der Waals surface area contributed by atoms with Gasteiger partial charge in [0.05, 0.1) is 6.54 Å². The normalized spacial score (nSPS) is 23.6. The first-order valence-corrected chi connectivity index (χ1v) is 8.47. The fourth-order valence-corrected chi connectivity index (χ4v) is 3.08. The highest BCUT2D eigenvalue weighted by Gasteiger charge is 2.27. The van der Waals surface area contributed by atoms with Crippen LogP contribution in [-0.2, 0) is 14.3 Å². The van der Waals surface area contributed by atoms with Gasteiger partial charge >= 0.3 is 0 Å². The van der Waals surface area contributed by atoms with Crippen LogP contribution in [0.25, 0.3) is 0 Å². The summed E-state index contributed by atoms with van der Waals surface area (Å²) in [5.41, 5.74) is 2.95. The minimum atomic E-state index is -0.212. The zero-order chi connectivity index (χ0) is 17.7. The molecule has 1 aromatic carbocycles. The van der Waals surface area contributed by atoms with Crippen LogP contribution < -0.4 is 15.5 Å². The number of aryl methyl sites for hydroxylation is 1. The summed E-state index contributed by atoms with van der Waals surface area (Å²) in [7, 11) is 0. The standard InChI is InChI=1S/C18H27N3O3/c1-12-6-5-7-16(15(12)4)20-17(22)8-19-18(23)11-21-9-13(2)24-14(3)10-21/h5-7,13-14H,8-11H2,1-4H3,(H,19,23)(H,20,22)/p+1/t13-,14+. The first kappa shape index (κ1) is 18.4. The average molecular weight is 334 g/mol. The van der Waals surface area contributed by atoms with Gasteiger partial charge in [0.1, 0.15) is 25.3 Å². The van der Waals surface area contributed by atoms with E-state index in [4.69, 9.17) is 4.74 Å². The number of benzene rings is 1. The highest BCUT2D eigenvalue weighted by atomic mass is 16.5. The van der Waals surface area contributed by atoms with E-state index < -0.39 is 0 Å². The van der Waals surface area contributed by atoms with Crippen molar-refractivity contribution in [3.63, 3.8) is 0 Å². The Kier molecular flexibility index (Phi) is 6.34. The Hall–Kier alpha value is -1.92. The summed E-state index contributed by atoms with van der Waals surface area (Å²) in [6.45, 7) is 9.98. The average Bonchev–Trinajstić information content (AvgIpc) is 2.49. The molecule has 1 saturated heterocycles. The van der Waals surface area contributed by atoms with Crippen molar-refractivity contribution >= 4 is 17.5 Å². The third-order valence-corrected chi connectivity index (χ3v) is 4.35. The van der Waals surface area contributed by atoms with E-state index in [0.717, 1.165) is 29.9 Å². The predicted molar refractivity (Wildman–Crippen MR) is 93.1 cm³/mol. The van der Waals surface area contributed by atoms with Crippen LogP contribution in [0.2, 0.25) is 0 Å². The Morgan fingerprint density at radius 3 is 2.50 bits per heavy atom. The largest absolute Gasteiger partial charge is 0.364 e. The van der Waals surface area contributed by atoms with Crippen LogP contribution in [0.5, 0.6) is 0 Å². The van der Waals surface area contributed by atoms with Crippen molar-refractivity contribution in [3.05, 3.63) is 29.3 Å². The van der Waals surface area contributed by atoms with Crippen molar-refractivity contribution in [1.82, 2.24) is 5.32 Å². The van der Waals surface area contributed by atoms with E-state index in [-0.39, 0.29) is 30.6 Å². The lowest BCUT2D eigenvalue weighted by Crippen LogP contribution is -3.16. The number of carbonyl (C=O) groups is 2. The molecule has 2 rings (SSSR count). The number of rotatable bonds is 5. The molecule has 24 heavy (non-hydrogen) atoms. The van der Waals surface area contributed by atoms with Gasteiger partial charge < -0.3 is 20.3 Å². The van der Waals surface area contributed by atoms with Crippen LogP contribution in [0.4, 0.5) is 5.69 Å². The monoisotopic (exact) mass is 334 g/mol. The van der Waals surface area contributed by atoms with Gasteiger partial charge in [0, 0.05) is 5.69 Å². The molecule has 2 amide bonds. The second-order valence-electron chi connectivity index (χ2n) is 6.66. The van der Waals surface area contributed by atoms with Crippen molar-refractivity contribution in [3.8, 4) is 0 Å². The van der Waals surface area contributed by atoms with E-state index in [1.54, 1.807) is 0 Å². The molecule has 1 aliphatic rings. The minimum absolute atomic E-state index is 0.0128. The summed E-state index contributed by atoms with van der Waals surface area (Å²) in [5.74, 6) is -0.321.